The number of fused-ring (bicyclic) bond motifs is 2. The van der Waals surface area contributed by atoms with Gasteiger partial charge in [-0.15, -0.1) is 0 Å². The number of imide groups is 1. The van der Waals surface area contributed by atoms with Gasteiger partial charge in [-0.05, 0) is 29.7 Å². The van der Waals surface area contributed by atoms with E-state index in [1.165, 1.54) is 12.1 Å². The fourth-order valence-corrected chi connectivity index (χ4v) is 2.80. The summed E-state index contributed by atoms with van der Waals surface area (Å²) in [6.45, 7) is -0.0963. The van der Waals surface area contributed by atoms with Crippen molar-refractivity contribution in [2.45, 2.75) is 6.54 Å². The Morgan fingerprint density at radius 1 is 0.875 bits per heavy atom. The summed E-state index contributed by atoms with van der Waals surface area (Å²) in [6, 6.07) is 15.8. The molecular weight excluding hydrogens is 308 g/mol. The van der Waals surface area contributed by atoms with Crippen LogP contribution in [-0.4, -0.2) is 27.4 Å². The average molecular weight is 320 g/mol. The molecule has 24 heavy (non-hydrogen) atoms. The second kappa shape index (κ2) is 5.34. The van der Waals surface area contributed by atoms with Gasteiger partial charge in [0.1, 0.15) is 6.54 Å². The summed E-state index contributed by atoms with van der Waals surface area (Å²) >= 11 is 0. The molecule has 0 atom stereocenters. The maximum absolute atomic E-state index is 12.2. The van der Waals surface area contributed by atoms with Crippen molar-refractivity contribution in [3.05, 3.63) is 71.9 Å². The molecule has 3 aromatic rings. The first kappa shape index (κ1) is 14.2. The largest absolute Gasteiger partial charge is 0.352 e. The minimum Gasteiger partial charge on any atom is -0.336 e. The van der Waals surface area contributed by atoms with Crippen molar-refractivity contribution in [1.82, 2.24) is 9.63 Å². The molecule has 2 aromatic carbocycles. The molecule has 0 aliphatic carbocycles. The number of nitrogens with zero attached hydrogens (tertiary/aromatic N) is 2. The first-order chi connectivity index (χ1) is 11.6. The molecule has 0 N–H and O–H groups in total. The summed E-state index contributed by atoms with van der Waals surface area (Å²) < 4.78 is 1.70. The Morgan fingerprint density at radius 3 is 2.21 bits per heavy atom. The minimum atomic E-state index is -0.689. The number of hydrogen-bond acceptors (Lipinski definition) is 4. The zero-order valence-electron chi connectivity index (χ0n) is 12.5. The number of carbonyl (C=O) groups is 3. The zero-order valence-corrected chi connectivity index (χ0v) is 12.5. The topological polar surface area (TPSA) is 68.6 Å². The smallest absolute Gasteiger partial charge is 0.336 e. The lowest BCUT2D eigenvalue weighted by Crippen LogP contribution is -2.33. The van der Waals surface area contributed by atoms with Gasteiger partial charge in [0, 0.05) is 11.7 Å². The monoisotopic (exact) mass is 320 g/mol. The molecule has 0 saturated carbocycles. The van der Waals surface area contributed by atoms with Gasteiger partial charge in [0.2, 0.25) is 0 Å². The number of amides is 2. The molecule has 1 aliphatic rings. The van der Waals surface area contributed by atoms with Gasteiger partial charge in [0.15, 0.2) is 0 Å². The predicted octanol–water partition coefficient (Wildman–Crippen LogP) is 2.40. The highest BCUT2D eigenvalue weighted by Gasteiger charge is 2.38. The van der Waals surface area contributed by atoms with Crippen LogP contribution < -0.4 is 0 Å². The number of benzene rings is 2. The molecule has 0 fully saturated rings. The molecule has 4 rings (SSSR count). The first-order valence-corrected chi connectivity index (χ1v) is 7.37. The van der Waals surface area contributed by atoms with Crippen LogP contribution in [0.25, 0.3) is 10.9 Å². The summed E-state index contributed by atoms with van der Waals surface area (Å²) in [5.74, 6) is -1.94. The Hall–Kier alpha value is -3.41. The standard InChI is InChI=1S/C18H12N2O4/c21-16(11-19-10-9-12-5-1-4-8-15(12)19)24-20-17(22)13-6-2-3-7-14(13)18(20)23/h1-10H,11H2. The van der Waals surface area contributed by atoms with Crippen molar-refractivity contribution >= 4 is 28.7 Å². The summed E-state index contributed by atoms with van der Waals surface area (Å²) in [5, 5.41) is 1.52. The van der Waals surface area contributed by atoms with Crippen molar-refractivity contribution in [3.63, 3.8) is 0 Å². The van der Waals surface area contributed by atoms with Gasteiger partial charge >= 0.3 is 5.97 Å². The van der Waals surface area contributed by atoms with Gasteiger partial charge in [0.25, 0.3) is 11.8 Å². The van der Waals surface area contributed by atoms with Gasteiger partial charge in [-0.3, -0.25) is 9.59 Å². The highest BCUT2D eigenvalue weighted by Crippen LogP contribution is 2.23. The molecule has 2 amide bonds. The van der Waals surface area contributed by atoms with Crippen LogP contribution in [0.4, 0.5) is 0 Å². The molecule has 6 heteroatoms. The van der Waals surface area contributed by atoms with Crippen molar-refractivity contribution < 1.29 is 19.2 Å². The Bertz CT molecular complexity index is 954. The van der Waals surface area contributed by atoms with Crippen molar-refractivity contribution in [2.75, 3.05) is 0 Å². The van der Waals surface area contributed by atoms with Crippen LogP contribution >= 0.6 is 0 Å². The van der Waals surface area contributed by atoms with E-state index in [-0.39, 0.29) is 17.7 Å². The molecule has 2 heterocycles. The van der Waals surface area contributed by atoms with Crippen LogP contribution in [0.5, 0.6) is 0 Å². The number of para-hydroxylation sites is 1. The van der Waals surface area contributed by atoms with Crippen LogP contribution in [0.2, 0.25) is 0 Å². The Balaban J connectivity index is 1.53. The third kappa shape index (κ3) is 2.16. The van der Waals surface area contributed by atoms with E-state index in [9.17, 15) is 14.4 Å². The molecule has 1 aromatic heterocycles. The number of rotatable bonds is 3. The van der Waals surface area contributed by atoms with E-state index < -0.39 is 17.8 Å². The second-order valence-corrected chi connectivity index (χ2v) is 5.42. The van der Waals surface area contributed by atoms with Crippen LogP contribution in [0.1, 0.15) is 20.7 Å². The van der Waals surface area contributed by atoms with Crippen molar-refractivity contribution in [1.29, 1.82) is 0 Å². The predicted molar refractivity (Wildman–Crippen MR) is 85.0 cm³/mol. The molecule has 0 radical (unpaired) electrons. The van der Waals surface area contributed by atoms with E-state index in [0.717, 1.165) is 10.9 Å². The lowest BCUT2D eigenvalue weighted by molar-refractivity contribution is -0.169. The highest BCUT2D eigenvalue weighted by molar-refractivity contribution is 6.20. The molecule has 118 valence electrons. The van der Waals surface area contributed by atoms with Crippen molar-refractivity contribution in [3.8, 4) is 0 Å². The first-order valence-electron chi connectivity index (χ1n) is 7.37. The second-order valence-electron chi connectivity index (χ2n) is 5.42. The van der Waals surface area contributed by atoms with Gasteiger partial charge in [-0.1, -0.05) is 35.4 Å². The van der Waals surface area contributed by atoms with Gasteiger partial charge < -0.3 is 9.40 Å². The average Bonchev–Trinajstić information content (AvgIpc) is 3.11. The fraction of sp³-hybridized carbons (Fsp3) is 0.0556. The number of carbonyl (C=O) groups excluding carboxylic acids is 3. The lowest BCUT2D eigenvalue weighted by Gasteiger charge is -2.13. The third-order valence-corrected chi connectivity index (χ3v) is 3.93. The van der Waals surface area contributed by atoms with Crippen molar-refractivity contribution in [2.24, 2.45) is 0 Å². The van der Waals surface area contributed by atoms with Gasteiger partial charge in [-0.25, -0.2) is 4.79 Å². The van der Waals surface area contributed by atoms with E-state index in [0.29, 0.717) is 5.06 Å². The maximum Gasteiger partial charge on any atom is 0.352 e. The molecule has 6 nitrogen and oxygen atoms in total. The summed E-state index contributed by atoms with van der Waals surface area (Å²) in [5.41, 5.74) is 1.35. The van der Waals surface area contributed by atoms with E-state index in [4.69, 9.17) is 4.84 Å². The highest BCUT2D eigenvalue weighted by atomic mass is 16.7. The Morgan fingerprint density at radius 2 is 1.50 bits per heavy atom. The van der Waals surface area contributed by atoms with Gasteiger partial charge in [-0.2, -0.15) is 0 Å². The van der Waals surface area contributed by atoms with Gasteiger partial charge in [0.05, 0.1) is 11.1 Å². The quantitative estimate of drug-likeness (QED) is 0.695. The van der Waals surface area contributed by atoms with E-state index in [1.807, 2.05) is 30.3 Å². The number of hydroxylamine groups is 2. The van der Waals surface area contributed by atoms with Crippen LogP contribution in [0, 0.1) is 0 Å². The Kier molecular flexibility index (Phi) is 3.16. The summed E-state index contributed by atoms with van der Waals surface area (Å²) in [7, 11) is 0. The molecule has 0 spiro atoms. The number of aromatic nitrogens is 1. The lowest BCUT2D eigenvalue weighted by atomic mass is 10.1. The van der Waals surface area contributed by atoms with Crippen LogP contribution in [-0.2, 0) is 16.2 Å². The fourth-order valence-electron chi connectivity index (χ4n) is 2.80. The van der Waals surface area contributed by atoms with Crippen LogP contribution in [0.3, 0.4) is 0 Å². The normalized spacial score (nSPS) is 13.4. The minimum absolute atomic E-state index is 0.0963. The van der Waals surface area contributed by atoms with Crippen LogP contribution in [0.15, 0.2) is 60.8 Å². The summed E-state index contributed by atoms with van der Waals surface area (Å²) in [4.78, 5) is 41.5. The Labute approximate surface area is 136 Å². The third-order valence-electron chi connectivity index (χ3n) is 3.93. The van der Waals surface area contributed by atoms with E-state index in [1.54, 1.807) is 22.9 Å². The summed E-state index contributed by atoms with van der Waals surface area (Å²) in [6.07, 6.45) is 1.76. The maximum atomic E-state index is 12.2. The SMILES string of the molecule is O=C(Cn1ccc2ccccc21)ON1C(=O)c2ccccc2C1=O. The van der Waals surface area contributed by atoms with E-state index in [2.05, 4.69) is 0 Å². The molecule has 0 unspecified atom stereocenters. The molecule has 0 saturated heterocycles. The van der Waals surface area contributed by atoms with E-state index >= 15 is 0 Å². The molecular formula is C18H12N2O4. The number of hydrogen-bond donors (Lipinski definition) is 0. The zero-order chi connectivity index (χ0) is 16.7. The molecule has 0 bridgehead atoms. The molecule has 1 aliphatic heterocycles.